The molecular weight excluding hydrogens is 344 g/mol. The molecule has 24 heavy (non-hydrogen) atoms. The van der Waals surface area contributed by atoms with Gasteiger partial charge < -0.3 is 5.32 Å². The summed E-state index contributed by atoms with van der Waals surface area (Å²) in [5.74, 6) is -0.0868. The van der Waals surface area contributed by atoms with Crippen LogP contribution in [0.2, 0.25) is 0 Å². The Morgan fingerprint density at radius 3 is 2.83 bits per heavy atom. The van der Waals surface area contributed by atoms with E-state index >= 15 is 0 Å². The Morgan fingerprint density at radius 1 is 1.25 bits per heavy atom. The second kappa shape index (κ2) is 7.04. The third kappa shape index (κ3) is 3.53. The average Bonchev–Trinajstić information content (AvgIpc) is 3.04. The highest BCUT2D eigenvalue weighted by molar-refractivity contribution is 7.89. The van der Waals surface area contributed by atoms with Crippen LogP contribution in [0, 0.1) is 0 Å². The molecule has 1 aromatic carbocycles. The molecule has 7 heteroatoms. The van der Waals surface area contributed by atoms with Crippen molar-refractivity contribution in [2.75, 3.05) is 7.05 Å². The smallest absolute Gasteiger partial charge is 0.252 e. The van der Waals surface area contributed by atoms with Gasteiger partial charge in [0.05, 0.1) is 10.5 Å². The predicted molar refractivity (Wildman–Crippen MR) is 94.8 cm³/mol. The van der Waals surface area contributed by atoms with Gasteiger partial charge in [0.2, 0.25) is 10.0 Å². The van der Waals surface area contributed by atoms with Crippen LogP contribution in [-0.2, 0) is 29.4 Å². The molecule has 0 fully saturated rings. The SMILES string of the molecule is CNS(=O)(=O)c1cccc(CNC(=O)c2csc3c2CCCC3)c1. The molecule has 1 aliphatic carbocycles. The lowest BCUT2D eigenvalue weighted by molar-refractivity contribution is 0.0950. The molecule has 0 aliphatic heterocycles. The van der Waals surface area contributed by atoms with Crippen LogP contribution in [0.3, 0.4) is 0 Å². The molecule has 1 heterocycles. The molecule has 0 atom stereocenters. The lowest BCUT2D eigenvalue weighted by atomic mass is 9.95. The number of carbonyl (C=O) groups excluding carboxylic acids is 1. The molecule has 2 aromatic rings. The summed E-state index contributed by atoms with van der Waals surface area (Å²) in [6.45, 7) is 0.302. The fourth-order valence-electron chi connectivity index (χ4n) is 2.90. The highest BCUT2D eigenvalue weighted by Crippen LogP contribution is 2.30. The van der Waals surface area contributed by atoms with Crippen molar-refractivity contribution in [1.82, 2.24) is 10.0 Å². The molecule has 0 radical (unpaired) electrons. The zero-order chi connectivity index (χ0) is 17.2. The van der Waals surface area contributed by atoms with Gasteiger partial charge in [-0.2, -0.15) is 0 Å². The number of fused-ring (bicyclic) bond motifs is 1. The minimum atomic E-state index is -3.48. The Bertz CT molecular complexity index is 856. The van der Waals surface area contributed by atoms with Crippen LogP contribution in [0.15, 0.2) is 34.5 Å². The quantitative estimate of drug-likeness (QED) is 0.856. The first kappa shape index (κ1) is 17.1. The summed E-state index contributed by atoms with van der Waals surface area (Å²) in [5.41, 5.74) is 2.72. The largest absolute Gasteiger partial charge is 0.348 e. The average molecular weight is 364 g/mol. The molecule has 3 rings (SSSR count). The molecule has 0 unspecified atom stereocenters. The highest BCUT2D eigenvalue weighted by atomic mass is 32.2. The predicted octanol–water partition coefficient (Wildman–Crippen LogP) is 2.47. The molecule has 2 N–H and O–H groups in total. The van der Waals surface area contributed by atoms with Gasteiger partial charge in [-0.05, 0) is 56.0 Å². The molecule has 1 amide bonds. The number of amides is 1. The first-order valence-electron chi connectivity index (χ1n) is 7.91. The van der Waals surface area contributed by atoms with Crippen molar-refractivity contribution in [2.45, 2.75) is 37.1 Å². The minimum absolute atomic E-state index is 0.0868. The van der Waals surface area contributed by atoms with E-state index in [1.807, 2.05) is 5.38 Å². The summed E-state index contributed by atoms with van der Waals surface area (Å²) in [6, 6.07) is 6.60. The first-order chi connectivity index (χ1) is 11.5. The summed E-state index contributed by atoms with van der Waals surface area (Å²) >= 11 is 1.66. The highest BCUT2D eigenvalue weighted by Gasteiger charge is 2.20. The summed E-state index contributed by atoms with van der Waals surface area (Å²) in [4.78, 5) is 14.0. The van der Waals surface area contributed by atoms with E-state index in [2.05, 4.69) is 10.0 Å². The van der Waals surface area contributed by atoms with E-state index < -0.39 is 10.0 Å². The molecule has 0 bridgehead atoms. The third-order valence-corrected chi connectivity index (χ3v) is 6.74. The molecule has 0 saturated heterocycles. The van der Waals surface area contributed by atoms with Crippen molar-refractivity contribution in [3.8, 4) is 0 Å². The third-order valence-electron chi connectivity index (χ3n) is 4.24. The van der Waals surface area contributed by atoms with Gasteiger partial charge in [0.1, 0.15) is 0 Å². The molecule has 5 nitrogen and oxygen atoms in total. The maximum absolute atomic E-state index is 12.5. The van der Waals surface area contributed by atoms with E-state index in [0.717, 1.165) is 30.4 Å². The van der Waals surface area contributed by atoms with Crippen LogP contribution < -0.4 is 10.0 Å². The second-order valence-corrected chi connectivity index (χ2v) is 8.65. The fourth-order valence-corrected chi connectivity index (χ4v) is 4.83. The number of carbonyl (C=O) groups is 1. The monoisotopic (exact) mass is 364 g/mol. The number of benzene rings is 1. The standard InChI is InChI=1S/C17H20N2O3S2/c1-18-24(21,22)13-6-4-5-12(9-13)10-19-17(20)15-11-23-16-8-3-2-7-14(15)16/h4-6,9,11,18H,2-3,7-8,10H2,1H3,(H,19,20). The number of nitrogens with one attached hydrogen (secondary N) is 2. The van der Waals surface area contributed by atoms with Crippen molar-refractivity contribution in [2.24, 2.45) is 0 Å². The second-order valence-electron chi connectivity index (χ2n) is 5.80. The number of hydrogen-bond donors (Lipinski definition) is 2. The van der Waals surface area contributed by atoms with Crippen LogP contribution in [0.5, 0.6) is 0 Å². The maximum atomic E-state index is 12.5. The minimum Gasteiger partial charge on any atom is -0.348 e. The van der Waals surface area contributed by atoms with Gasteiger partial charge in [-0.25, -0.2) is 13.1 Å². The Labute approximate surface area is 146 Å². The lowest BCUT2D eigenvalue weighted by Gasteiger charge is -2.13. The first-order valence-corrected chi connectivity index (χ1v) is 10.3. The Hall–Kier alpha value is -1.70. The molecule has 0 saturated carbocycles. The Balaban J connectivity index is 1.71. The fraction of sp³-hybridized carbons (Fsp3) is 0.353. The number of aryl methyl sites for hydroxylation is 1. The van der Waals surface area contributed by atoms with Gasteiger partial charge in [-0.1, -0.05) is 12.1 Å². The summed E-state index contributed by atoms with van der Waals surface area (Å²) in [5, 5.41) is 4.84. The zero-order valence-electron chi connectivity index (χ0n) is 13.5. The maximum Gasteiger partial charge on any atom is 0.252 e. The van der Waals surface area contributed by atoms with Crippen molar-refractivity contribution in [1.29, 1.82) is 0 Å². The van der Waals surface area contributed by atoms with Gasteiger partial charge in [-0.3, -0.25) is 4.79 Å². The Kier molecular flexibility index (Phi) is 5.03. The van der Waals surface area contributed by atoms with Gasteiger partial charge >= 0.3 is 0 Å². The summed E-state index contributed by atoms with van der Waals surface area (Å²) in [7, 11) is -2.10. The molecule has 128 valence electrons. The molecule has 0 spiro atoms. The molecule has 1 aliphatic rings. The van der Waals surface area contributed by atoms with Crippen molar-refractivity contribution >= 4 is 27.3 Å². The number of sulfonamides is 1. The van der Waals surface area contributed by atoms with Gasteiger partial charge in [0.15, 0.2) is 0 Å². The number of hydrogen-bond acceptors (Lipinski definition) is 4. The molecular formula is C17H20N2O3S2. The van der Waals surface area contributed by atoms with E-state index in [1.54, 1.807) is 29.5 Å². The van der Waals surface area contributed by atoms with E-state index in [0.29, 0.717) is 6.54 Å². The number of rotatable bonds is 5. The van der Waals surface area contributed by atoms with Crippen molar-refractivity contribution < 1.29 is 13.2 Å². The molecule has 1 aromatic heterocycles. The topological polar surface area (TPSA) is 75.3 Å². The van der Waals surface area contributed by atoms with Crippen LogP contribution in [0.25, 0.3) is 0 Å². The normalized spacial score (nSPS) is 14.2. The lowest BCUT2D eigenvalue weighted by Crippen LogP contribution is -2.24. The van der Waals surface area contributed by atoms with E-state index in [-0.39, 0.29) is 10.8 Å². The van der Waals surface area contributed by atoms with E-state index in [9.17, 15) is 13.2 Å². The zero-order valence-corrected chi connectivity index (χ0v) is 15.1. The van der Waals surface area contributed by atoms with Crippen LogP contribution >= 0.6 is 11.3 Å². The van der Waals surface area contributed by atoms with Gasteiger partial charge in [0, 0.05) is 16.8 Å². The van der Waals surface area contributed by atoms with Crippen molar-refractivity contribution in [3.05, 3.63) is 51.2 Å². The van der Waals surface area contributed by atoms with Gasteiger partial charge in [0.25, 0.3) is 5.91 Å². The van der Waals surface area contributed by atoms with Gasteiger partial charge in [-0.15, -0.1) is 11.3 Å². The summed E-state index contributed by atoms with van der Waals surface area (Å²) < 4.78 is 26.0. The van der Waals surface area contributed by atoms with Crippen molar-refractivity contribution in [3.63, 3.8) is 0 Å². The summed E-state index contributed by atoms with van der Waals surface area (Å²) in [6.07, 6.45) is 4.37. The van der Waals surface area contributed by atoms with Crippen LogP contribution in [0.1, 0.15) is 39.2 Å². The Morgan fingerprint density at radius 2 is 2.04 bits per heavy atom. The van der Waals surface area contributed by atoms with E-state index in [4.69, 9.17) is 0 Å². The van der Waals surface area contributed by atoms with E-state index in [1.165, 1.54) is 30.0 Å². The number of thiophene rings is 1. The van der Waals surface area contributed by atoms with Crippen LogP contribution in [-0.4, -0.2) is 21.4 Å². The van der Waals surface area contributed by atoms with Crippen LogP contribution in [0.4, 0.5) is 0 Å².